The van der Waals surface area contributed by atoms with E-state index in [-0.39, 0.29) is 48.5 Å². The summed E-state index contributed by atoms with van der Waals surface area (Å²) in [7, 11) is 1.98. The third-order valence-electron chi connectivity index (χ3n) is 5.12. The first-order valence-electron chi connectivity index (χ1n) is 8.62. The van der Waals surface area contributed by atoms with Gasteiger partial charge in [0.25, 0.3) is 0 Å². The number of piperidine rings is 1. The number of aryl methyl sites for hydroxylation is 1. The van der Waals surface area contributed by atoms with Crippen LogP contribution in [0.4, 0.5) is 4.39 Å². The number of aromatic nitrogens is 3. The van der Waals surface area contributed by atoms with Crippen molar-refractivity contribution in [2.45, 2.75) is 18.3 Å². The summed E-state index contributed by atoms with van der Waals surface area (Å²) in [5.74, 6) is -0.233. The number of hydrogen-bond acceptors (Lipinski definition) is 3. The minimum absolute atomic E-state index is 0. The Balaban J connectivity index is 0.00000131. The van der Waals surface area contributed by atoms with Crippen LogP contribution >= 0.6 is 37.2 Å². The van der Waals surface area contributed by atoms with Crippen molar-refractivity contribution >= 4 is 37.2 Å². The highest BCUT2D eigenvalue weighted by Crippen LogP contribution is 2.40. The highest BCUT2D eigenvalue weighted by Gasteiger charge is 2.39. The first kappa shape index (κ1) is 24.4. The van der Waals surface area contributed by atoms with Gasteiger partial charge in [-0.15, -0.1) is 37.2 Å². The fourth-order valence-corrected chi connectivity index (χ4v) is 3.82. The largest absolute Gasteiger partial charge is 0.317 e. The molecule has 3 aromatic rings. The molecule has 3 heterocycles. The summed E-state index contributed by atoms with van der Waals surface area (Å²) >= 11 is 0. The third-order valence-corrected chi connectivity index (χ3v) is 5.12. The molecule has 0 saturated carbocycles. The van der Waals surface area contributed by atoms with Gasteiger partial charge < -0.3 is 5.32 Å². The third kappa shape index (κ3) is 4.49. The second kappa shape index (κ2) is 10.2. The number of benzene rings is 1. The maximum atomic E-state index is 13.2. The highest BCUT2D eigenvalue weighted by molar-refractivity contribution is 5.86. The van der Waals surface area contributed by atoms with E-state index in [0.717, 1.165) is 48.6 Å². The van der Waals surface area contributed by atoms with E-state index >= 15 is 0 Å². The van der Waals surface area contributed by atoms with Crippen molar-refractivity contribution in [2.24, 2.45) is 7.05 Å². The molecular formula is C20H24Cl3FN4. The van der Waals surface area contributed by atoms with Crippen molar-refractivity contribution < 1.29 is 4.39 Å². The van der Waals surface area contributed by atoms with Gasteiger partial charge in [-0.05, 0) is 68.4 Å². The van der Waals surface area contributed by atoms with E-state index in [9.17, 15) is 4.39 Å². The summed E-state index contributed by atoms with van der Waals surface area (Å²) in [6.07, 6.45) is 3.81. The summed E-state index contributed by atoms with van der Waals surface area (Å²) in [5, 5.41) is 8.15. The predicted octanol–water partition coefficient (Wildman–Crippen LogP) is 4.56. The first-order chi connectivity index (χ1) is 12.2. The van der Waals surface area contributed by atoms with Gasteiger partial charge in [-0.25, -0.2) is 4.39 Å². The van der Waals surface area contributed by atoms with E-state index in [1.807, 2.05) is 30.1 Å². The summed E-state index contributed by atoms with van der Waals surface area (Å²) in [6.45, 7) is 1.90. The topological polar surface area (TPSA) is 42.7 Å². The minimum atomic E-state index is -0.233. The van der Waals surface area contributed by atoms with Crippen molar-refractivity contribution in [3.63, 3.8) is 0 Å². The second-order valence-electron chi connectivity index (χ2n) is 6.59. The normalized spacial score (nSPS) is 14.9. The van der Waals surface area contributed by atoms with Gasteiger partial charge in [-0.2, -0.15) is 5.10 Å². The molecule has 1 saturated heterocycles. The molecule has 28 heavy (non-hydrogen) atoms. The van der Waals surface area contributed by atoms with Crippen molar-refractivity contribution in [1.29, 1.82) is 0 Å². The lowest BCUT2D eigenvalue weighted by Crippen LogP contribution is -2.42. The lowest BCUT2D eigenvalue weighted by atomic mass is 9.73. The van der Waals surface area contributed by atoms with E-state index in [0.29, 0.717) is 0 Å². The van der Waals surface area contributed by atoms with E-state index < -0.39 is 0 Å². The summed E-state index contributed by atoms with van der Waals surface area (Å²) in [6, 6.07) is 14.7. The standard InChI is InChI=1S/C20H21FN4.3ClH/c1-25-19(14-17(24-25)15-5-7-16(21)8-6-15)20(9-12-22-13-10-20)18-4-2-3-11-23-18;;;/h2-8,11,14,22H,9-10,12-13H2,1H3;3*1H. The Labute approximate surface area is 183 Å². The van der Waals surface area contributed by atoms with Crippen LogP contribution in [0.1, 0.15) is 24.2 Å². The Morgan fingerprint density at radius 1 is 1.00 bits per heavy atom. The van der Waals surface area contributed by atoms with Crippen LogP contribution in [-0.4, -0.2) is 27.9 Å². The maximum Gasteiger partial charge on any atom is 0.123 e. The van der Waals surface area contributed by atoms with Crippen molar-refractivity contribution in [2.75, 3.05) is 13.1 Å². The Morgan fingerprint density at radius 3 is 2.29 bits per heavy atom. The van der Waals surface area contributed by atoms with E-state index in [1.54, 1.807) is 12.1 Å². The van der Waals surface area contributed by atoms with Gasteiger partial charge in [0, 0.05) is 18.8 Å². The lowest BCUT2D eigenvalue weighted by Gasteiger charge is -2.37. The smallest absolute Gasteiger partial charge is 0.123 e. The van der Waals surface area contributed by atoms with E-state index in [2.05, 4.69) is 22.4 Å². The van der Waals surface area contributed by atoms with Crippen LogP contribution in [0.25, 0.3) is 11.3 Å². The van der Waals surface area contributed by atoms with Gasteiger partial charge in [0.15, 0.2) is 0 Å². The van der Waals surface area contributed by atoms with E-state index in [1.165, 1.54) is 12.1 Å². The van der Waals surface area contributed by atoms with Crippen molar-refractivity contribution in [3.8, 4) is 11.3 Å². The van der Waals surface area contributed by atoms with Crippen LogP contribution in [-0.2, 0) is 12.5 Å². The Bertz CT molecular complexity index is 863. The molecule has 0 amide bonds. The van der Waals surface area contributed by atoms with Crippen LogP contribution in [0.5, 0.6) is 0 Å². The molecule has 1 aromatic carbocycles. The molecule has 0 radical (unpaired) electrons. The first-order valence-corrected chi connectivity index (χ1v) is 8.62. The average Bonchev–Trinajstić information content (AvgIpc) is 3.06. The number of pyridine rings is 1. The predicted molar refractivity (Wildman–Crippen MR) is 117 cm³/mol. The minimum Gasteiger partial charge on any atom is -0.317 e. The molecule has 4 rings (SSSR count). The van der Waals surface area contributed by atoms with Crippen molar-refractivity contribution in [1.82, 2.24) is 20.1 Å². The zero-order valence-corrected chi connectivity index (χ0v) is 17.9. The molecule has 4 nitrogen and oxygen atoms in total. The van der Waals surface area contributed by atoms with Crippen LogP contribution < -0.4 is 5.32 Å². The molecule has 8 heteroatoms. The summed E-state index contributed by atoms with van der Waals surface area (Å²) in [5.41, 5.74) is 3.89. The zero-order chi connectivity index (χ0) is 17.3. The quantitative estimate of drug-likeness (QED) is 0.643. The Hall–Kier alpha value is -1.66. The summed E-state index contributed by atoms with van der Waals surface area (Å²) < 4.78 is 15.2. The Kier molecular flexibility index (Phi) is 8.89. The van der Waals surface area contributed by atoms with Crippen LogP contribution in [0.2, 0.25) is 0 Å². The number of nitrogens with one attached hydrogen (secondary N) is 1. The number of halogens is 4. The average molecular weight is 446 g/mol. The number of nitrogens with zero attached hydrogens (tertiary/aromatic N) is 3. The molecular weight excluding hydrogens is 422 g/mol. The molecule has 1 fully saturated rings. The fraction of sp³-hybridized carbons (Fsp3) is 0.300. The summed E-state index contributed by atoms with van der Waals surface area (Å²) in [4.78, 5) is 4.67. The van der Waals surface area contributed by atoms with Crippen LogP contribution in [0, 0.1) is 5.82 Å². The van der Waals surface area contributed by atoms with E-state index in [4.69, 9.17) is 5.10 Å². The molecule has 0 atom stereocenters. The van der Waals surface area contributed by atoms with Crippen LogP contribution in [0.3, 0.4) is 0 Å². The van der Waals surface area contributed by atoms with Gasteiger partial charge >= 0.3 is 0 Å². The molecule has 1 N–H and O–H groups in total. The van der Waals surface area contributed by atoms with Crippen LogP contribution in [0.15, 0.2) is 54.7 Å². The molecule has 1 aliphatic rings. The van der Waals surface area contributed by atoms with Gasteiger partial charge in [-0.1, -0.05) is 6.07 Å². The number of rotatable bonds is 3. The van der Waals surface area contributed by atoms with Crippen molar-refractivity contribution in [3.05, 3.63) is 71.9 Å². The second-order valence-corrected chi connectivity index (χ2v) is 6.59. The molecule has 152 valence electrons. The van der Waals surface area contributed by atoms with Gasteiger partial charge in [0.1, 0.15) is 5.82 Å². The van der Waals surface area contributed by atoms with Gasteiger partial charge in [-0.3, -0.25) is 9.67 Å². The Morgan fingerprint density at radius 2 is 1.68 bits per heavy atom. The highest BCUT2D eigenvalue weighted by atomic mass is 35.5. The lowest BCUT2D eigenvalue weighted by molar-refractivity contribution is 0.336. The van der Waals surface area contributed by atoms with Gasteiger partial charge in [0.05, 0.1) is 22.5 Å². The molecule has 0 aliphatic carbocycles. The number of hydrogen-bond donors (Lipinski definition) is 1. The SMILES string of the molecule is Cl.Cl.Cl.Cn1nc(-c2ccc(F)cc2)cc1C1(c2ccccn2)CCNCC1. The molecule has 0 spiro atoms. The molecule has 0 unspecified atom stereocenters. The fourth-order valence-electron chi connectivity index (χ4n) is 3.82. The zero-order valence-electron chi connectivity index (χ0n) is 15.5. The molecule has 2 aromatic heterocycles. The molecule has 1 aliphatic heterocycles. The van der Waals surface area contributed by atoms with Gasteiger partial charge in [0.2, 0.25) is 0 Å². The maximum absolute atomic E-state index is 13.2. The monoisotopic (exact) mass is 444 g/mol. The molecule has 0 bridgehead atoms.